The molecule has 2 fully saturated rings. The maximum absolute atomic E-state index is 11.3. The molecule has 25 heavy (non-hydrogen) atoms. The van der Waals surface area contributed by atoms with Crippen LogP contribution in [0.5, 0.6) is 0 Å². The summed E-state index contributed by atoms with van der Waals surface area (Å²) in [6.07, 6.45) is 7.16. The molecule has 4 rings (SSSR count). The van der Waals surface area contributed by atoms with Crippen molar-refractivity contribution in [2.24, 2.45) is 5.92 Å². The molecule has 2 unspecified atom stereocenters. The highest BCUT2D eigenvalue weighted by molar-refractivity contribution is 6.33. The molecule has 0 saturated heterocycles. The number of rotatable bonds is 5. The molecule has 7 heteroatoms. The van der Waals surface area contributed by atoms with Gasteiger partial charge in [0, 0.05) is 36.7 Å². The highest BCUT2D eigenvalue weighted by Gasteiger charge is 2.31. The maximum Gasteiger partial charge on any atom is 0.217 e. The van der Waals surface area contributed by atoms with Crippen molar-refractivity contribution in [3.05, 3.63) is 23.0 Å². The first-order valence-electron chi connectivity index (χ1n) is 9.09. The van der Waals surface area contributed by atoms with Crippen molar-refractivity contribution in [1.29, 1.82) is 0 Å². The van der Waals surface area contributed by atoms with Crippen molar-refractivity contribution in [1.82, 2.24) is 19.9 Å². The zero-order valence-electron chi connectivity index (χ0n) is 14.6. The van der Waals surface area contributed by atoms with E-state index < -0.39 is 0 Å². The third kappa shape index (κ3) is 3.45. The van der Waals surface area contributed by atoms with E-state index in [4.69, 9.17) is 16.6 Å². The lowest BCUT2D eigenvalue weighted by Gasteiger charge is -2.18. The summed E-state index contributed by atoms with van der Waals surface area (Å²) in [5, 5.41) is 11.6. The van der Waals surface area contributed by atoms with E-state index in [1.54, 1.807) is 17.6 Å². The normalized spacial score (nSPS) is 24.4. The predicted octanol–water partition coefficient (Wildman–Crippen LogP) is 3.37. The maximum atomic E-state index is 11.3. The number of anilines is 1. The van der Waals surface area contributed by atoms with Crippen LogP contribution in [-0.2, 0) is 4.79 Å². The van der Waals surface area contributed by atoms with E-state index in [0.29, 0.717) is 22.6 Å². The third-order valence-corrected chi connectivity index (χ3v) is 5.70. The number of nitrogens with one attached hydrogen (secondary N) is 2. The Balaban J connectivity index is 1.59. The van der Waals surface area contributed by atoms with Crippen LogP contribution in [0.25, 0.3) is 5.65 Å². The second-order valence-electron chi connectivity index (χ2n) is 7.47. The molecular weight excluding hydrogens is 338 g/mol. The van der Waals surface area contributed by atoms with Gasteiger partial charge in [-0.2, -0.15) is 9.61 Å². The number of fused-ring (bicyclic) bond motifs is 1. The number of aromatic nitrogens is 3. The average molecular weight is 362 g/mol. The molecule has 0 radical (unpaired) electrons. The highest BCUT2D eigenvalue weighted by Crippen LogP contribution is 2.42. The summed E-state index contributed by atoms with van der Waals surface area (Å²) in [5.41, 5.74) is 1.79. The van der Waals surface area contributed by atoms with Gasteiger partial charge in [-0.15, -0.1) is 0 Å². The quantitative estimate of drug-likeness (QED) is 0.856. The Morgan fingerprint density at radius 1 is 1.32 bits per heavy atom. The van der Waals surface area contributed by atoms with Gasteiger partial charge in [-0.1, -0.05) is 18.5 Å². The van der Waals surface area contributed by atoms with E-state index >= 15 is 0 Å². The minimum Gasteiger partial charge on any atom is -0.367 e. The second kappa shape index (κ2) is 6.48. The van der Waals surface area contributed by atoms with Gasteiger partial charge in [0.15, 0.2) is 5.65 Å². The van der Waals surface area contributed by atoms with Crippen LogP contribution in [0.2, 0.25) is 5.02 Å². The minimum absolute atomic E-state index is 0.0383. The first-order chi connectivity index (χ1) is 12.0. The third-order valence-electron chi connectivity index (χ3n) is 5.44. The molecule has 0 bridgehead atoms. The first kappa shape index (κ1) is 16.6. The SMILES string of the molecule is CC(=O)N[C@H]1CCC(Nc2cc(C(C)C3CC3)nc3c(Cl)cnn23)C1. The molecule has 2 aromatic heterocycles. The first-order valence-corrected chi connectivity index (χ1v) is 9.47. The van der Waals surface area contributed by atoms with Crippen molar-refractivity contribution in [2.45, 2.75) is 64.0 Å². The van der Waals surface area contributed by atoms with Gasteiger partial charge in [-0.25, -0.2) is 4.98 Å². The fourth-order valence-corrected chi connectivity index (χ4v) is 4.03. The molecule has 3 atom stereocenters. The molecular formula is C18H24ClN5O. The van der Waals surface area contributed by atoms with Gasteiger partial charge in [0.2, 0.25) is 5.91 Å². The number of hydrogen-bond acceptors (Lipinski definition) is 4. The topological polar surface area (TPSA) is 71.3 Å². The molecule has 2 N–H and O–H groups in total. The van der Waals surface area contributed by atoms with Crippen LogP contribution in [0.1, 0.15) is 57.6 Å². The number of hydrogen-bond donors (Lipinski definition) is 2. The summed E-state index contributed by atoms with van der Waals surface area (Å²) in [7, 11) is 0. The van der Waals surface area contributed by atoms with E-state index in [1.165, 1.54) is 12.8 Å². The number of carbonyl (C=O) groups is 1. The van der Waals surface area contributed by atoms with Gasteiger partial charge in [-0.05, 0) is 38.0 Å². The zero-order chi connectivity index (χ0) is 17.6. The van der Waals surface area contributed by atoms with Crippen LogP contribution in [0, 0.1) is 5.92 Å². The monoisotopic (exact) mass is 361 g/mol. The molecule has 2 aliphatic carbocycles. The van der Waals surface area contributed by atoms with Crippen molar-refractivity contribution in [3.8, 4) is 0 Å². The Hall–Kier alpha value is -1.82. The van der Waals surface area contributed by atoms with E-state index in [1.807, 2.05) is 0 Å². The summed E-state index contributed by atoms with van der Waals surface area (Å²) in [6, 6.07) is 2.68. The van der Waals surface area contributed by atoms with Crippen LogP contribution in [0.3, 0.4) is 0 Å². The van der Waals surface area contributed by atoms with Crippen molar-refractivity contribution in [3.63, 3.8) is 0 Å². The van der Waals surface area contributed by atoms with Crippen molar-refractivity contribution < 1.29 is 4.79 Å². The Morgan fingerprint density at radius 3 is 2.80 bits per heavy atom. The summed E-state index contributed by atoms with van der Waals surface area (Å²) in [5.74, 6) is 2.15. The predicted molar refractivity (Wildman–Crippen MR) is 98.0 cm³/mol. The largest absolute Gasteiger partial charge is 0.367 e. The molecule has 2 saturated carbocycles. The van der Waals surface area contributed by atoms with E-state index in [2.05, 4.69) is 28.7 Å². The molecule has 0 aliphatic heterocycles. The minimum atomic E-state index is 0.0383. The van der Waals surface area contributed by atoms with Gasteiger partial charge in [-0.3, -0.25) is 4.79 Å². The van der Waals surface area contributed by atoms with Gasteiger partial charge in [0.05, 0.1) is 6.20 Å². The van der Waals surface area contributed by atoms with E-state index in [9.17, 15) is 4.79 Å². The van der Waals surface area contributed by atoms with Crippen molar-refractivity contribution >= 4 is 29.0 Å². The number of nitrogens with zero attached hydrogens (tertiary/aromatic N) is 3. The Labute approximate surface area is 152 Å². The summed E-state index contributed by atoms with van der Waals surface area (Å²) in [4.78, 5) is 16.0. The Morgan fingerprint density at radius 2 is 2.08 bits per heavy atom. The Bertz CT molecular complexity index is 800. The molecule has 2 aromatic rings. The number of halogens is 1. The standard InChI is InChI=1S/C18H24ClN5O/c1-10(12-3-4-12)16-8-17(24-18(23-16)15(19)9-20-24)22-14-6-5-13(7-14)21-11(2)25/h8-10,12-14,22H,3-7H2,1-2H3,(H,21,25)/t10?,13-,14?/m0/s1. The van der Waals surface area contributed by atoms with Crippen LogP contribution >= 0.6 is 11.6 Å². The number of amides is 1. The molecule has 134 valence electrons. The van der Waals surface area contributed by atoms with Gasteiger partial charge in [0.25, 0.3) is 0 Å². The summed E-state index contributed by atoms with van der Waals surface area (Å²) >= 11 is 6.29. The van der Waals surface area contributed by atoms with E-state index in [-0.39, 0.29) is 11.9 Å². The molecule has 0 aromatic carbocycles. The molecule has 1 amide bonds. The molecule has 0 spiro atoms. The number of carbonyl (C=O) groups excluding carboxylic acids is 1. The second-order valence-corrected chi connectivity index (χ2v) is 7.88. The average Bonchev–Trinajstić information content (AvgIpc) is 3.23. The van der Waals surface area contributed by atoms with Gasteiger partial charge in [0.1, 0.15) is 10.8 Å². The Kier molecular flexibility index (Phi) is 4.31. The van der Waals surface area contributed by atoms with Crippen LogP contribution in [0.15, 0.2) is 12.3 Å². The van der Waals surface area contributed by atoms with Crippen LogP contribution < -0.4 is 10.6 Å². The van der Waals surface area contributed by atoms with Gasteiger partial charge < -0.3 is 10.6 Å². The summed E-state index contributed by atoms with van der Waals surface area (Å²) in [6.45, 7) is 3.82. The van der Waals surface area contributed by atoms with Crippen LogP contribution in [-0.4, -0.2) is 32.6 Å². The molecule has 2 aliphatic rings. The zero-order valence-corrected chi connectivity index (χ0v) is 15.4. The smallest absolute Gasteiger partial charge is 0.217 e. The highest BCUT2D eigenvalue weighted by atomic mass is 35.5. The van der Waals surface area contributed by atoms with E-state index in [0.717, 1.165) is 36.7 Å². The van der Waals surface area contributed by atoms with Gasteiger partial charge >= 0.3 is 0 Å². The van der Waals surface area contributed by atoms with Crippen LogP contribution in [0.4, 0.5) is 5.82 Å². The fraction of sp³-hybridized carbons (Fsp3) is 0.611. The molecule has 6 nitrogen and oxygen atoms in total. The summed E-state index contributed by atoms with van der Waals surface area (Å²) < 4.78 is 1.79. The van der Waals surface area contributed by atoms with Crippen molar-refractivity contribution in [2.75, 3.05) is 5.32 Å². The lowest BCUT2D eigenvalue weighted by atomic mass is 10.0. The fourth-order valence-electron chi connectivity index (χ4n) is 3.87. The molecule has 2 heterocycles. The lowest BCUT2D eigenvalue weighted by molar-refractivity contribution is -0.119. The lowest BCUT2D eigenvalue weighted by Crippen LogP contribution is -2.32.